The Bertz CT molecular complexity index is 300. The number of hydrogen-bond donors (Lipinski definition) is 0. The summed E-state index contributed by atoms with van der Waals surface area (Å²) in [6, 6.07) is 4.00. The Kier molecular flexibility index (Phi) is 2.34. The van der Waals surface area contributed by atoms with Crippen LogP contribution in [0.4, 0.5) is 0 Å². The standard InChI is InChI=1S/C10H13NSi/c1-5-9-6-7-10(8-11-9)12(2,3)4/h1,6-8H,2-4H3. The van der Waals surface area contributed by atoms with Gasteiger partial charge < -0.3 is 0 Å². The second-order valence-corrected chi connectivity index (χ2v) is 8.90. The van der Waals surface area contributed by atoms with Crippen LogP contribution >= 0.6 is 0 Å². The summed E-state index contributed by atoms with van der Waals surface area (Å²) < 4.78 is 0. The molecule has 0 amide bonds. The number of aromatic nitrogens is 1. The molecule has 62 valence electrons. The van der Waals surface area contributed by atoms with Crippen molar-refractivity contribution in [3.05, 3.63) is 24.0 Å². The molecule has 0 aliphatic carbocycles. The third-order valence-electron chi connectivity index (χ3n) is 1.78. The quantitative estimate of drug-likeness (QED) is 0.467. The van der Waals surface area contributed by atoms with Crippen molar-refractivity contribution in [1.82, 2.24) is 4.98 Å². The second-order valence-electron chi connectivity index (χ2n) is 3.83. The molecule has 0 fully saturated rings. The highest BCUT2D eigenvalue weighted by Gasteiger charge is 2.15. The molecule has 0 aliphatic rings. The van der Waals surface area contributed by atoms with Gasteiger partial charge in [-0.25, -0.2) is 4.98 Å². The largest absolute Gasteiger partial charge is 0.248 e. The Morgan fingerprint density at radius 1 is 1.33 bits per heavy atom. The van der Waals surface area contributed by atoms with Crippen LogP contribution in [0.1, 0.15) is 5.69 Å². The van der Waals surface area contributed by atoms with Gasteiger partial charge in [-0.15, -0.1) is 6.42 Å². The van der Waals surface area contributed by atoms with Gasteiger partial charge in [0.2, 0.25) is 0 Å². The topological polar surface area (TPSA) is 12.9 Å². The van der Waals surface area contributed by atoms with Crippen molar-refractivity contribution in [2.45, 2.75) is 19.6 Å². The SMILES string of the molecule is C#Cc1ccc([Si](C)(C)C)cn1. The molecular weight excluding hydrogens is 162 g/mol. The number of rotatable bonds is 1. The molecule has 1 heterocycles. The summed E-state index contributed by atoms with van der Waals surface area (Å²) in [5.74, 6) is 2.51. The fourth-order valence-corrected chi connectivity index (χ4v) is 1.96. The zero-order chi connectivity index (χ0) is 9.19. The molecule has 1 aromatic heterocycles. The average Bonchev–Trinajstić information content (AvgIpc) is 2.03. The Labute approximate surface area is 74.9 Å². The molecule has 0 saturated heterocycles. The smallest absolute Gasteiger partial charge is 0.112 e. The third-order valence-corrected chi connectivity index (χ3v) is 3.81. The fraction of sp³-hybridized carbons (Fsp3) is 0.300. The lowest BCUT2D eigenvalue weighted by Gasteiger charge is -2.15. The van der Waals surface area contributed by atoms with E-state index in [1.54, 1.807) is 0 Å². The number of hydrogen-bond acceptors (Lipinski definition) is 1. The van der Waals surface area contributed by atoms with Gasteiger partial charge in [0.25, 0.3) is 0 Å². The van der Waals surface area contributed by atoms with E-state index in [2.05, 4.69) is 36.6 Å². The Balaban J connectivity index is 3.02. The molecule has 12 heavy (non-hydrogen) atoms. The highest BCUT2D eigenvalue weighted by molar-refractivity contribution is 6.88. The summed E-state index contributed by atoms with van der Waals surface area (Å²) in [4.78, 5) is 4.16. The van der Waals surface area contributed by atoms with Crippen LogP contribution in [0.5, 0.6) is 0 Å². The molecule has 0 aliphatic heterocycles. The van der Waals surface area contributed by atoms with Crippen molar-refractivity contribution in [3.63, 3.8) is 0 Å². The number of terminal acetylenes is 1. The molecule has 0 unspecified atom stereocenters. The molecule has 2 heteroatoms. The zero-order valence-corrected chi connectivity index (χ0v) is 8.76. The summed E-state index contributed by atoms with van der Waals surface area (Å²) in [5, 5.41) is 1.35. The molecule has 0 bridgehead atoms. The Morgan fingerprint density at radius 2 is 2.00 bits per heavy atom. The van der Waals surface area contributed by atoms with Crippen molar-refractivity contribution in [1.29, 1.82) is 0 Å². The van der Waals surface area contributed by atoms with Gasteiger partial charge in [-0.1, -0.05) is 31.6 Å². The van der Waals surface area contributed by atoms with Gasteiger partial charge in [0, 0.05) is 6.20 Å². The van der Waals surface area contributed by atoms with E-state index in [1.807, 2.05) is 12.3 Å². The minimum atomic E-state index is -1.20. The van der Waals surface area contributed by atoms with Crippen LogP contribution in [-0.4, -0.2) is 13.1 Å². The lowest BCUT2D eigenvalue weighted by molar-refractivity contribution is 1.30. The maximum atomic E-state index is 5.21. The van der Waals surface area contributed by atoms with Gasteiger partial charge in [0.05, 0.1) is 8.07 Å². The van der Waals surface area contributed by atoms with Gasteiger partial charge in [0.1, 0.15) is 5.69 Å². The Hall–Kier alpha value is -1.07. The maximum Gasteiger partial charge on any atom is 0.112 e. The minimum Gasteiger partial charge on any atom is -0.248 e. The van der Waals surface area contributed by atoms with Gasteiger partial charge in [-0.2, -0.15) is 0 Å². The van der Waals surface area contributed by atoms with E-state index in [1.165, 1.54) is 5.19 Å². The molecule has 0 N–H and O–H groups in total. The van der Waals surface area contributed by atoms with E-state index >= 15 is 0 Å². The molecule has 1 nitrogen and oxygen atoms in total. The molecule has 1 aromatic rings. The van der Waals surface area contributed by atoms with E-state index in [-0.39, 0.29) is 0 Å². The van der Waals surface area contributed by atoms with Crippen molar-refractivity contribution < 1.29 is 0 Å². The van der Waals surface area contributed by atoms with Crippen LogP contribution in [0.3, 0.4) is 0 Å². The van der Waals surface area contributed by atoms with Crippen LogP contribution in [0.15, 0.2) is 18.3 Å². The van der Waals surface area contributed by atoms with Crippen molar-refractivity contribution in [2.24, 2.45) is 0 Å². The van der Waals surface area contributed by atoms with Crippen LogP contribution in [0.25, 0.3) is 0 Å². The van der Waals surface area contributed by atoms with Crippen LogP contribution < -0.4 is 5.19 Å². The summed E-state index contributed by atoms with van der Waals surface area (Å²) in [6.07, 6.45) is 7.11. The summed E-state index contributed by atoms with van der Waals surface area (Å²) >= 11 is 0. The van der Waals surface area contributed by atoms with Gasteiger partial charge >= 0.3 is 0 Å². The maximum absolute atomic E-state index is 5.21. The molecule has 0 atom stereocenters. The first kappa shape index (κ1) is 9.02. The second kappa shape index (κ2) is 3.12. The van der Waals surface area contributed by atoms with E-state index in [0.717, 1.165) is 5.69 Å². The van der Waals surface area contributed by atoms with Gasteiger partial charge in [0.15, 0.2) is 0 Å². The Morgan fingerprint density at radius 3 is 2.33 bits per heavy atom. The molecule has 0 saturated carbocycles. The first-order chi connectivity index (χ1) is 5.54. The highest BCUT2D eigenvalue weighted by atomic mass is 28.3. The molecule has 0 aromatic carbocycles. The first-order valence-corrected chi connectivity index (χ1v) is 7.47. The van der Waals surface area contributed by atoms with E-state index in [4.69, 9.17) is 6.42 Å². The lowest BCUT2D eigenvalue weighted by Crippen LogP contribution is -2.37. The van der Waals surface area contributed by atoms with Crippen LogP contribution in [0.2, 0.25) is 19.6 Å². The predicted octanol–water partition coefficient (Wildman–Crippen LogP) is 1.61. The van der Waals surface area contributed by atoms with E-state index in [0.29, 0.717) is 0 Å². The summed E-state index contributed by atoms with van der Waals surface area (Å²) in [7, 11) is -1.20. The third kappa shape index (κ3) is 1.96. The summed E-state index contributed by atoms with van der Waals surface area (Å²) in [5.41, 5.74) is 0.719. The molecule has 0 radical (unpaired) electrons. The molecule has 0 spiro atoms. The number of pyridine rings is 1. The predicted molar refractivity (Wildman–Crippen MR) is 55.2 cm³/mol. The fourth-order valence-electron chi connectivity index (χ4n) is 0.923. The van der Waals surface area contributed by atoms with E-state index in [9.17, 15) is 0 Å². The molecular formula is C10H13NSi. The van der Waals surface area contributed by atoms with Crippen LogP contribution in [0, 0.1) is 12.3 Å². The first-order valence-electron chi connectivity index (χ1n) is 3.97. The molecule has 1 rings (SSSR count). The monoisotopic (exact) mass is 175 g/mol. The van der Waals surface area contributed by atoms with Crippen molar-refractivity contribution in [2.75, 3.05) is 0 Å². The van der Waals surface area contributed by atoms with Crippen LogP contribution in [-0.2, 0) is 0 Å². The summed E-state index contributed by atoms with van der Waals surface area (Å²) in [6.45, 7) is 6.87. The van der Waals surface area contributed by atoms with Gasteiger partial charge in [-0.05, 0) is 11.3 Å². The zero-order valence-electron chi connectivity index (χ0n) is 7.76. The van der Waals surface area contributed by atoms with Crippen molar-refractivity contribution >= 4 is 13.3 Å². The highest BCUT2D eigenvalue weighted by Crippen LogP contribution is 2.01. The van der Waals surface area contributed by atoms with Crippen molar-refractivity contribution in [3.8, 4) is 12.3 Å². The number of nitrogens with zero attached hydrogens (tertiary/aromatic N) is 1. The van der Waals surface area contributed by atoms with Gasteiger partial charge in [-0.3, -0.25) is 0 Å². The van der Waals surface area contributed by atoms with E-state index < -0.39 is 8.07 Å². The lowest BCUT2D eigenvalue weighted by atomic mass is 10.4. The minimum absolute atomic E-state index is 0.719. The average molecular weight is 175 g/mol. The normalized spacial score (nSPS) is 10.8.